The lowest BCUT2D eigenvalue weighted by Gasteiger charge is -2.42. The van der Waals surface area contributed by atoms with Crippen molar-refractivity contribution >= 4 is 6.09 Å². The van der Waals surface area contributed by atoms with Gasteiger partial charge in [-0.15, -0.1) is 0 Å². The van der Waals surface area contributed by atoms with Crippen LogP contribution in [0.3, 0.4) is 0 Å². The fourth-order valence-corrected chi connectivity index (χ4v) is 2.22. The van der Waals surface area contributed by atoms with Crippen LogP contribution in [0.15, 0.2) is 12.2 Å². The van der Waals surface area contributed by atoms with E-state index >= 15 is 0 Å². The number of carbonyl (C=O) groups is 1. The molecule has 1 aliphatic carbocycles. The van der Waals surface area contributed by atoms with Crippen molar-refractivity contribution in [2.24, 2.45) is 11.8 Å². The standard InChI is InChI=1S/C10H12N2O2/c1-14-10(13)12-6-7-2-3-9(12)8(4-7)5-11/h2-3,7-9H,4,6H2,1H3/t7-,8-,9-/m0/s1. The van der Waals surface area contributed by atoms with E-state index < -0.39 is 0 Å². The zero-order valence-electron chi connectivity index (χ0n) is 8.01. The summed E-state index contributed by atoms with van der Waals surface area (Å²) in [4.78, 5) is 13.0. The second-order valence-corrected chi connectivity index (χ2v) is 3.73. The molecule has 0 aromatic carbocycles. The lowest BCUT2D eigenvalue weighted by Crippen LogP contribution is -2.52. The maximum absolute atomic E-state index is 11.4. The van der Waals surface area contributed by atoms with E-state index in [1.165, 1.54) is 7.11 Å². The van der Waals surface area contributed by atoms with Crippen LogP contribution < -0.4 is 0 Å². The van der Waals surface area contributed by atoms with Crippen LogP contribution in [0.5, 0.6) is 0 Å². The summed E-state index contributed by atoms with van der Waals surface area (Å²) in [5.41, 5.74) is 0. The summed E-state index contributed by atoms with van der Waals surface area (Å²) in [5, 5.41) is 8.92. The number of piperidine rings is 1. The Hall–Kier alpha value is -1.50. The summed E-state index contributed by atoms with van der Waals surface area (Å²) >= 11 is 0. The van der Waals surface area contributed by atoms with E-state index in [4.69, 9.17) is 5.26 Å². The molecule has 2 heterocycles. The molecule has 74 valence electrons. The number of hydrogen-bond acceptors (Lipinski definition) is 3. The molecule has 4 nitrogen and oxygen atoms in total. The van der Waals surface area contributed by atoms with Crippen molar-refractivity contribution < 1.29 is 9.53 Å². The topological polar surface area (TPSA) is 53.3 Å². The van der Waals surface area contributed by atoms with Crippen LogP contribution in [0.2, 0.25) is 0 Å². The third-order valence-corrected chi connectivity index (χ3v) is 2.92. The third kappa shape index (κ3) is 1.25. The Morgan fingerprint density at radius 2 is 2.43 bits per heavy atom. The maximum Gasteiger partial charge on any atom is 0.410 e. The first-order chi connectivity index (χ1) is 6.76. The second kappa shape index (κ2) is 3.33. The van der Waals surface area contributed by atoms with Gasteiger partial charge < -0.3 is 4.74 Å². The highest BCUT2D eigenvalue weighted by atomic mass is 16.5. The Bertz CT molecular complexity index is 319. The number of methoxy groups -OCH3 is 1. The Morgan fingerprint density at radius 1 is 1.64 bits per heavy atom. The fourth-order valence-electron chi connectivity index (χ4n) is 2.22. The number of carbonyl (C=O) groups excluding carboxylic acids is 1. The van der Waals surface area contributed by atoms with Gasteiger partial charge in [0.1, 0.15) is 0 Å². The van der Waals surface area contributed by atoms with Gasteiger partial charge in [0, 0.05) is 6.54 Å². The Labute approximate surface area is 82.7 Å². The Balaban J connectivity index is 2.21. The van der Waals surface area contributed by atoms with Gasteiger partial charge in [0.15, 0.2) is 0 Å². The van der Waals surface area contributed by atoms with Crippen LogP contribution in [0, 0.1) is 23.2 Å². The highest BCUT2D eigenvalue weighted by molar-refractivity contribution is 5.69. The number of fused-ring (bicyclic) bond motifs is 2. The lowest BCUT2D eigenvalue weighted by atomic mass is 9.78. The summed E-state index contributed by atoms with van der Waals surface area (Å²) in [6.45, 7) is 0.687. The molecular formula is C10H12N2O2. The smallest absolute Gasteiger partial charge is 0.410 e. The van der Waals surface area contributed by atoms with Crippen molar-refractivity contribution in [1.29, 1.82) is 5.26 Å². The predicted octanol–water partition coefficient (Wildman–Crippen LogP) is 1.15. The van der Waals surface area contributed by atoms with Gasteiger partial charge in [-0.3, -0.25) is 4.90 Å². The SMILES string of the molecule is COC(=O)N1C[C@H]2C=C[C@H]1[C@H](C#N)C2. The molecule has 0 saturated carbocycles. The van der Waals surface area contributed by atoms with Crippen LogP contribution in [-0.4, -0.2) is 30.7 Å². The molecule has 3 aliphatic rings. The molecule has 0 radical (unpaired) electrons. The van der Waals surface area contributed by atoms with Crippen LogP contribution in [-0.2, 0) is 4.74 Å². The van der Waals surface area contributed by atoms with E-state index in [1.54, 1.807) is 4.90 Å². The number of nitrogens with zero attached hydrogens (tertiary/aromatic N) is 2. The molecule has 0 unspecified atom stereocenters. The van der Waals surface area contributed by atoms with E-state index in [2.05, 4.69) is 16.9 Å². The van der Waals surface area contributed by atoms with Crippen molar-refractivity contribution in [1.82, 2.24) is 4.90 Å². The molecule has 2 bridgehead atoms. The van der Waals surface area contributed by atoms with Crippen molar-refractivity contribution in [3.05, 3.63) is 12.2 Å². The highest BCUT2D eigenvalue weighted by Gasteiger charge is 2.40. The van der Waals surface area contributed by atoms with E-state index in [1.807, 2.05) is 6.08 Å². The number of hydrogen-bond donors (Lipinski definition) is 0. The molecule has 0 aromatic heterocycles. The van der Waals surface area contributed by atoms with E-state index in [-0.39, 0.29) is 18.1 Å². The normalized spacial score (nSPS) is 34.0. The summed E-state index contributed by atoms with van der Waals surface area (Å²) in [6, 6.07) is 2.16. The first-order valence-corrected chi connectivity index (χ1v) is 4.68. The first-order valence-electron chi connectivity index (χ1n) is 4.68. The number of rotatable bonds is 0. The molecule has 0 N–H and O–H groups in total. The first kappa shape index (κ1) is 9.07. The van der Waals surface area contributed by atoms with Gasteiger partial charge >= 0.3 is 6.09 Å². The van der Waals surface area contributed by atoms with Gasteiger partial charge in [0.05, 0.1) is 25.1 Å². The second-order valence-electron chi connectivity index (χ2n) is 3.73. The summed E-state index contributed by atoms with van der Waals surface area (Å²) in [5.74, 6) is 0.251. The van der Waals surface area contributed by atoms with Gasteiger partial charge in [0.25, 0.3) is 0 Å². The van der Waals surface area contributed by atoms with Crippen LogP contribution in [0.4, 0.5) is 4.79 Å². The van der Waals surface area contributed by atoms with E-state index in [0.29, 0.717) is 12.5 Å². The predicted molar refractivity (Wildman–Crippen MR) is 49.2 cm³/mol. The molecule has 3 atom stereocenters. The van der Waals surface area contributed by atoms with Gasteiger partial charge in [-0.2, -0.15) is 5.26 Å². The summed E-state index contributed by atoms with van der Waals surface area (Å²) in [7, 11) is 1.37. The molecular weight excluding hydrogens is 180 g/mol. The molecule has 0 aromatic rings. The largest absolute Gasteiger partial charge is 0.453 e. The average molecular weight is 192 g/mol. The number of nitriles is 1. The molecule has 2 aliphatic heterocycles. The van der Waals surface area contributed by atoms with Gasteiger partial charge in [0.2, 0.25) is 0 Å². The van der Waals surface area contributed by atoms with Crippen molar-refractivity contribution in [2.75, 3.05) is 13.7 Å². The Kier molecular flexibility index (Phi) is 2.16. The van der Waals surface area contributed by atoms with Gasteiger partial charge in [-0.1, -0.05) is 12.2 Å². The van der Waals surface area contributed by atoms with Gasteiger partial charge in [-0.05, 0) is 12.3 Å². The van der Waals surface area contributed by atoms with E-state index in [9.17, 15) is 4.79 Å². The number of amides is 1. The van der Waals surface area contributed by atoms with Crippen LogP contribution in [0.25, 0.3) is 0 Å². The van der Waals surface area contributed by atoms with Crippen molar-refractivity contribution in [3.8, 4) is 6.07 Å². The van der Waals surface area contributed by atoms with Gasteiger partial charge in [-0.25, -0.2) is 4.79 Å². The Morgan fingerprint density at radius 3 is 3.00 bits per heavy atom. The van der Waals surface area contributed by atoms with Crippen LogP contribution in [0.1, 0.15) is 6.42 Å². The van der Waals surface area contributed by atoms with Crippen molar-refractivity contribution in [2.45, 2.75) is 12.5 Å². The minimum Gasteiger partial charge on any atom is -0.453 e. The number of ether oxygens (including phenoxy) is 1. The summed E-state index contributed by atoms with van der Waals surface area (Å²) < 4.78 is 4.68. The average Bonchev–Trinajstić information content (AvgIpc) is 2.28. The zero-order valence-corrected chi connectivity index (χ0v) is 8.01. The molecule has 3 rings (SSSR count). The summed E-state index contributed by atoms with van der Waals surface area (Å²) in [6.07, 6.45) is 4.58. The minimum atomic E-state index is -0.329. The quantitative estimate of drug-likeness (QED) is 0.541. The fraction of sp³-hybridized carbons (Fsp3) is 0.600. The zero-order chi connectivity index (χ0) is 10.1. The molecule has 4 heteroatoms. The molecule has 1 fully saturated rings. The maximum atomic E-state index is 11.4. The van der Waals surface area contributed by atoms with Crippen LogP contribution >= 0.6 is 0 Å². The van der Waals surface area contributed by atoms with E-state index in [0.717, 1.165) is 6.42 Å². The monoisotopic (exact) mass is 192 g/mol. The highest BCUT2D eigenvalue weighted by Crippen LogP contribution is 2.34. The molecule has 1 saturated heterocycles. The minimum absolute atomic E-state index is 0.0714. The lowest BCUT2D eigenvalue weighted by molar-refractivity contribution is 0.0731. The molecule has 0 spiro atoms. The van der Waals surface area contributed by atoms with Crippen molar-refractivity contribution in [3.63, 3.8) is 0 Å². The molecule has 14 heavy (non-hydrogen) atoms. The third-order valence-electron chi connectivity index (χ3n) is 2.92. The molecule has 1 amide bonds.